The van der Waals surface area contributed by atoms with Crippen LogP contribution in [0.1, 0.15) is 24.9 Å². The quantitative estimate of drug-likeness (QED) is 0.636. The Balaban J connectivity index is 2.80. The third kappa shape index (κ3) is 6.16. The molecule has 0 saturated carbocycles. The number of rotatable bonds is 11. The molecule has 0 radical (unpaired) electrons. The van der Waals surface area contributed by atoms with E-state index in [0.717, 1.165) is 42.6 Å². The third-order valence-electron chi connectivity index (χ3n) is 3.17. The van der Waals surface area contributed by atoms with Gasteiger partial charge in [0.25, 0.3) is 0 Å². The number of methoxy groups -OCH3 is 3. The first-order valence-electron chi connectivity index (χ1n) is 7.28. The van der Waals surface area contributed by atoms with Gasteiger partial charge in [-0.25, -0.2) is 0 Å². The zero-order valence-corrected chi connectivity index (χ0v) is 14.3. The van der Waals surface area contributed by atoms with E-state index in [0.29, 0.717) is 0 Å². The van der Waals surface area contributed by atoms with E-state index in [2.05, 4.69) is 18.3 Å². The summed E-state index contributed by atoms with van der Waals surface area (Å²) in [5.74, 6) is 3.68. The first kappa shape index (κ1) is 18.1. The Kier molecular flexibility index (Phi) is 9.30. The molecule has 0 amide bonds. The second-order valence-corrected chi connectivity index (χ2v) is 5.83. The molecule has 1 N–H and O–H groups in total. The Morgan fingerprint density at radius 2 is 2.00 bits per heavy atom. The van der Waals surface area contributed by atoms with Crippen molar-refractivity contribution in [1.82, 2.24) is 5.32 Å². The van der Waals surface area contributed by atoms with Gasteiger partial charge in [0.05, 0.1) is 20.8 Å². The maximum absolute atomic E-state index is 5.52. The first-order valence-corrected chi connectivity index (χ1v) is 8.44. The lowest BCUT2D eigenvalue weighted by atomic mass is 10.1. The van der Waals surface area contributed by atoms with Crippen LogP contribution >= 0.6 is 11.8 Å². The molecular formula is C16H27NO3S. The molecule has 4 nitrogen and oxygen atoms in total. The molecule has 120 valence electrons. The van der Waals surface area contributed by atoms with Crippen molar-refractivity contribution < 1.29 is 14.2 Å². The average molecular weight is 313 g/mol. The molecule has 21 heavy (non-hydrogen) atoms. The number of hydrogen-bond donors (Lipinski definition) is 1. The van der Waals surface area contributed by atoms with Crippen molar-refractivity contribution in [3.05, 3.63) is 23.8 Å². The van der Waals surface area contributed by atoms with Crippen LogP contribution in [0.2, 0.25) is 0 Å². The highest BCUT2D eigenvalue weighted by Crippen LogP contribution is 2.31. The molecule has 1 atom stereocenters. The molecule has 1 aromatic rings. The maximum atomic E-state index is 5.52. The fourth-order valence-corrected chi connectivity index (χ4v) is 3.01. The van der Waals surface area contributed by atoms with Crippen molar-refractivity contribution in [3.63, 3.8) is 0 Å². The molecule has 0 bridgehead atoms. The molecule has 0 fully saturated rings. The molecule has 1 unspecified atom stereocenters. The fourth-order valence-electron chi connectivity index (χ4n) is 2.03. The van der Waals surface area contributed by atoms with Gasteiger partial charge in [-0.3, -0.25) is 0 Å². The van der Waals surface area contributed by atoms with Crippen molar-refractivity contribution in [2.24, 2.45) is 0 Å². The van der Waals surface area contributed by atoms with Gasteiger partial charge in [0.2, 0.25) is 0 Å². The van der Waals surface area contributed by atoms with Gasteiger partial charge in [-0.05, 0) is 19.0 Å². The van der Waals surface area contributed by atoms with Crippen LogP contribution in [0.25, 0.3) is 0 Å². The molecule has 5 heteroatoms. The van der Waals surface area contributed by atoms with Crippen molar-refractivity contribution in [3.8, 4) is 11.5 Å². The molecule has 0 aliphatic carbocycles. The van der Waals surface area contributed by atoms with E-state index in [1.165, 1.54) is 5.56 Å². The molecule has 0 saturated heterocycles. The van der Waals surface area contributed by atoms with E-state index in [4.69, 9.17) is 14.2 Å². The SMILES string of the molecule is CCCNC(CSCCOC)c1ccc(OC)cc1OC. The number of ether oxygens (including phenoxy) is 3. The summed E-state index contributed by atoms with van der Waals surface area (Å²) in [6, 6.07) is 6.28. The minimum atomic E-state index is 0.271. The largest absolute Gasteiger partial charge is 0.497 e. The van der Waals surface area contributed by atoms with Gasteiger partial charge in [0, 0.05) is 36.3 Å². The van der Waals surface area contributed by atoms with E-state index in [9.17, 15) is 0 Å². The van der Waals surface area contributed by atoms with Gasteiger partial charge in [0.1, 0.15) is 11.5 Å². The maximum Gasteiger partial charge on any atom is 0.127 e. The van der Waals surface area contributed by atoms with Crippen molar-refractivity contribution in [2.45, 2.75) is 19.4 Å². The van der Waals surface area contributed by atoms with Crippen LogP contribution in [0.4, 0.5) is 0 Å². The van der Waals surface area contributed by atoms with Crippen molar-refractivity contribution in [2.75, 3.05) is 46.0 Å². The predicted octanol–water partition coefficient (Wildman–Crippen LogP) is 3.12. The third-order valence-corrected chi connectivity index (χ3v) is 4.20. The molecule has 1 aromatic carbocycles. The van der Waals surface area contributed by atoms with Crippen LogP contribution in [-0.2, 0) is 4.74 Å². The lowest BCUT2D eigenvalue weighted by Gasteiger charge is -2.21. The molecule has 0 aliphatic rings. The van der Waals surface area contributed by atoms with Crippen molar-refractivity contribution >= 4 is 11.8 Å². The minimum absolute atomic E-state index is 0.271. The fraction of sp³-hybridized carbons (Fsp3) is 0.625. The van der Waals surface area contributed by atoms with Gasteiger partial charge < -0.3 is 19.5 Å². The van der Waals surface area contributed by atoms with Gasteiger partial charge >= 0.3 is 0 Å². The Morgan fingerprint density at radius 1 is 1.19 bits per heavy atom. The molecule has 0 aromatic heterocycles. The van der Waals surface area contributed by atoms with Crippen LogP contribution in [0, 0.1) is 0 Å². The normalized spacial score (nSPS) is 12.2. The molecule has 0 heterocycles. The van der Waals surface area contributed by atoms with Crippen LogP contribution in [-0.4, -0.2) is 46.0 Å². The molecular weight excluding hydrogens is 286 g/mol. The highest BCUT2D eigenvalue weighted by molar-refractivity contribution is 7.99. The summed E-state index contributed by atoms with van der Waals surface area (Å²) < 4.78 is 15.9. The van der Waals surface area contributed by atoms with Crippen LogP contribution in [0.15, 0.2) is 18.2 Å². The van der Waals surface area contributed by atoms with Gasteiger partial charge in [-0.1, -0.05) is 13.0 Å². The van der Waals surface area contributed by atoms with Crippen LogP contribution in [0.5, 0.6) is 11.5 Å². The second kappa shape index (κ2) is 10.8. The Bertz CT molecular complexity index is 401. The Labute approximate surface area is 132 Å². The number of thioether (sulfide) groups is 1. The highest BCUT2D eigenvalue weighted by Gasteiger charge is 2.16. The van der Waals surface area contributed by atoms with Crippen LogP contribution in [0.3, 0.4) is 0 Å². The molecule has 0 spiro atoms. The lowest BCUT2D eigenvalue weighted by molar-refractivity contribution is 0.218. The zero-order valence-electron chi connectivity index (χ0n) is 13.5. The zero-order chi connectivity index (χ0) is 15.5. The second-order valence-electron chi connectivity index (χ2n) is 4.68. The van der Waals surface area contributed by atoms with E-state index in [-0.39, 0.29) is 6.04 Å². The van der Waals surface area contributed by atoms with Gasteiger partial charge in [0.15, 0.2) is 0 Å². The van der Waals surface area contributed by atoms with E-state index < -0.39 is 0 Å². The van der Waals surface area contributed by atoms with E-state index >= 15 is 0 Å². The lowest BCUT2D eigenvalue weighted by Crippen LogP contribution is -2.25. The summed E-state index contributed by atoms with van der Waals surface area (Å²) in [4.78, 5) is 0. The van der Waals surface area contributed by atoms with Crippen molar-refractivity contribution in [1.29, 1.82) is 0 Å². The Hall–Kier alpha value is -0.910. The molecule has 0 aliphatic heterocycles. The van der Waals surface area contributed by atoms with E-state index in [1.54, 1.807) is 21.3 Å². The summed E-state index contributed by atoms with van der Waals surface area (Å²) in [5, 5.41) is 3.59. The van der Waals surface area contributed by atoms with Gasteiger partial charge in [-0.15, -0.1) is 0 Å². The molecule has 1 rings (SSSR count). The number of benzene rings is 1. The summed E-state index contributed by atoms with van der Waals surface area (Å²) in [6.45, 7) is 3.95. The number of hydrogen-bond acceptors (Lipinski definition) is 5. The predicted molar refractivity (Wildman–Crippen MR) is 89.8 cm³/mol. The van der Waals surface area contributed by atoms with Crippen LogP contribution < -0.4 is 14.8 Å². The minimum Gasteiger partial charge on any atom is -0.497 e. The summed E-state index contributed by atoms with van der Waals surface area (Å²) in [6.07, 6.45) is 1.11. The summed E-state index contributed by atoms with van der Waals surface area (Å²) in [5.41, 5.74) is 1.18. The number of nitrogens with one attached hydrogen (secondary N) is 1. The van der Waals surface area contributed by atoms with E-state index in [1.807, 2.05) is 23.9 Å². The topological polar surface area (TPSA) is 39.7 Å². The highest BCUT2D eigenvalue weighted by atomic mass is 32.2. The monoisotopic (exact) mass is 313 g/mol. The smallest absolute Gasteiger partial charge is 0.127 e. The Morgan fingerprint density at radius 3 is 2.62 bits per heavy atom. The summed E-state index contributed by atoms with van der Waals surface area (Å²) in [7, 11) is 5.11. The summed E-state index contributed by atoms with van der Waals surface area (Å²) >= 11 is 1.89. The van der Waals surface area contributed by atoms with Gasteiger partial charge in [-0.2, -0.15) is 11.8 Å². The standard InChI is InChI=1S/C16H27NO3S/c1-5-8-17-15(12-21-10-9-18-2)14-7-6-13(19-3)11-16(14)20-4/h6-7,11,15,17H,5,8-10,12H2,1-4H3. The average Bonchev–Trinajstić information content (AvgIpc) is 2.53. The first-order chi connectivity index (χ1) is 10.3.